The topological polar surface area (TPSA) is 120 Å². The standard InChI is InChI=1S/C26H33ClN2O6S/c1-14(27)18(24-21(31)20(30)22(32)26(35-24)36-2)29-25(33)19-23-17(13-28-19)12-16(10-11-34-23)9-8-15-6-4-3-5-7-15/h3-7,12,14,17-24,26,28,30-32H,10-11,13H2,1-2H3,(H,29,33)/t14-,17-,18+,19-,20?,21?,22?,23+,24?,26?/m0/s1. The predicted octanol–water partition coefficient (Wildman–Crippen LogP) is 0.624. The number of alkyl halides is 1. The lowest BCUT2D eigenvalue weighted by Gasteiger charge is -2.44. The summed E-state index contributed by atoms with van der Waals surface area (Å²) in [6.45, 7) is 2.69. The highest BCUT2D eigenvalue weighted by Gasteiger charge is 2.49. The van der Waals surface area contributed by atoms with Crippen LogP contribution in [-0.2, 0) is 14.3 Å². The Balaban J connectivity index is 1.45. The van der Waals surface area contributed by atoms with Gasteiger partial charge in [-0.3, -0.25) is 4.79 Å². The Hall–Kier alpha value is -1.61. The zero-order valence-electron chi connectivity index (χ0n) is 20.2. The summed E-state index contributed by atoms with van der Waals surface area (Å²) >= 11 is 7.61. The summed E-state index contributed by atoms with van der Waals surface area (Å²) < 4.78 is 11.9. The molecule has 5 unspecified atom stereocenters. The van der Waals surface area contributed by atoms with Gasteiger partial charge in [0.25, 0.3) is 0 Å². The van der Waals surface area contributed by atoms with Crippen LogP contribution in [0.4, 0.5) is 0 Å². The zero-order chi connectivity index (χ0) is 25.8. The molecule has 1 aromatic rings. The fourth-order valence-corrected chi connectivity index (χ4v) is 5.75. The van der Waals surface area contributed by atoms with Gasteiger partial charge in [0.15, 0.2) is 0 Å². The first-order valence-electron chi connectivity index (χ1n) is 12.1. The molecule has 1 amide bonds. The van der Waals surface area contributed by atoms with Crippen molar-refractivity contribution in [2.24, 2.45) is 5.92 Å². The average Bonchev–Trinajstić information content (AvgIpc) is 3.16. The molecule has 0 bridgehead atoms. The van der Waals surface area contributed by atoms with Crippen LogP contribution in [0.1, 0.15) is 18.9 Å². The first-order valence-corrected chi connectivity index (χ1v) is 13.8. The molecule has 0 saturated carbocycles. The lowest BCUT2D eigenvalue weighted by molar-refractivity contribution is -0.205. The molecule has 4 rings (SSSR count). The smallest absolute Gasteiger partial charge is 0.240 e. The molecule has 1 aromatic carbocycles. The highest BCUT2D eigenvalue weighted by atomic mass is 35.5. The number of ether oxygens (including phenoxy) is 2. The van der Waals surface area contributed by atoms with Crippen molar-refractivity contribution in [1.82, 2.24) is 10.6 Å². The number of hydrogen-bond donors (Lipinski definition) is 5. The minimum absolute atomic E-state index is 0.0236. The summed E-state index contributed by atoms with van der Waals surface area (Å²) in [4.78, 5) is 13.4. The van der Waals surface area contributed by atoms with E-state index in [4.69, 9.17) is 21.1 Å². The van der Waals surface area contributed by atoms with Gasteiger partial charge in [0.05, 0.1) is 24.1 Å². The maximum Gasteiger partial charge on any atom is 0.240 e. The van der Waals surface area contributed by atoms with Crippen molar-refractivity contribution in [3.8, 4) is 11.8 Å². The maximum atomic E-state index is 13.4. The van der Waals surface area contributed by atoms with Crippen molar-refractivity contribution in [3.05, 3.63) is 47.5 Å². The fourth-order valence-electron chi connectivity index (χ4n) is 4.86. The molecule has 3 heterocycles. The van der Waals surface area contributed by atoms with Crippen LogP contribution in [0.5, 0.6) is 0 Å². The van der Waals surface area contributed by atoms with E-state index in [1.54, 1.807) is 13.2 Å². The predicted molar refractivity (Wildman–Crippen MR) is 138 cm³/mol. The molecule has 0 aromatic heterocycles. The van der Waals surface area contributed by atoms with Crippen molar-refractivity contribution >= 4 is 29.3 Å². The summed E-state index contributed by atoms with van der Waals surface area (Å²) in [7, 11) is 0. The minimum Gasteiger partial charge on any atom is -0.388 e. The van der Waals surface area contributed by atoms with Gasteiger partial charge in [0.1, 0.15) is 35.9 Å². The van der Waals surface area contributed by atoms with E-state index in [1.165, 1.54) is 11.8 Å². The first-order chi connectivity index (χ1) is 17.3. The number of fused-ring (bicyclic) bond motifs is 1. The molecule has 5 N–H and O–H groups in total. The average molecular weight is 537 g/mol. The Morgan fingerprint density at radius 1 is 1.19 bits per heavy atom. The molecular formula is C26H33ClN2O6S. The normalized spacial score (nSPS) is 35.9. The molecule has 2 saturated heterocycles. The third-order valence-corrected chi connectivity index (χ3v) is 7.97. The van der Waals surface area contributed by atoms with Crippen molar-refractivity contribution in [1.29, 1.82) is 0 Å². The van der Waals surface area contributed by atoms with Crippen LogP contribution in [0.25, 0.3) is 0 Å². The van der Waals surface area contributed by atoms with Gasteiger partial charge in [-0.1, -0.05) is 36.1 Å². The summed E-state index contributed by atoms with van der Waals surface area (Å²) in [6.07, 6.45) is -0.982. The number of carbonyl (C=O) groups is 1. The zero-order valence-corrected chi connectivity index (χ0v) is 21.8. The molecule has 0 aliphatic carbocycles. The maximum absolute atomic E-state index is 13.4. The Morgan fingerprint density at radius 3 is 2.64 bits per heavy atom. The molecule has 3 aliphatic heterocycles. The van der Waals surface area contributed by atoms with Crippen molar-refractivity contribution < 1.29 is 29.6 Å². The van der Waals surface area contributed by atoms with Crippen molar-refractivity contribution in [2.75, 3.05) is 19.4 Å². The van der Waals surface area contributed by atoms with Crippen LogP contribution in [-0.4, -0.2) is 94.1 Å². The van der Waals surface area contributed by atoms with E-state index in [-0.39, 0.29) is 17.9 Å². The fraction of sp³-hybridized carbons (Fsp3) is 0.577. The highest BCUT2D eigenvalue weighted by molar-refractivity contribution is 7.99. The molecule has 196 valence electrons. The summed E-state index contributed by atoms with van der Waals surface area (Å²) in [6, 6.07) is 8.34. The molecule has 3 aliphatic rings. The van der Waals surface area contributed by atoms with Gasteiger partial charge in [-0.25, -0.2) is 0 Å². The Kier molecular flexibility index (Phi) is 9.36. The molecular weight excluding hydrogens is 504 g/mol. The lowest BCUT2D eigenvalue weighted by atomic mass is 9.92. The van der Waals surface area contributed by atoms with Gasteiger partial charge in [-0.15, -0.1) is 23.4 Å². The number of rotatable bonds is 5. The Labute approximate surface area is 220 Å². The summed E-state index contributed by atoms with van der Waals surface area (Å²) in [5.74, 6) is 6.07. The number of hydrogen-bond acceptors (Lipinski definition) is 8. The molecule has 0 spiro atoms. The number of amides is 1. The second kappa shape index (κ2) is 12.3. The van der Waals surface area contributed by atoms with Gasteiger partial charge in [-0.2, -0.15) is 0 Å². The van der Waals surface area contributed by atoms with Crippen LogP contribution in [0.2, 0.25) is 0 Å². The number of carbonyl (C=O) groups excluding carboxylic acids is 1. The molecule has 36 heavy (non-hydrogen) atoms. The van der Waals surface area contributed by atoms with Gasteiger partial charge in [0, 0.05) is 30.0 Å². The van der Waals surface area contributed by atoms with Crippen LogP contribution in [0, 0.1) is 17.8 Å². The third-order valence-electron chi connectivity index (χ3n) is 6.84. The van der Waals surface area contributed by atoms with E-state index < -0.39 is 47.3 Å². The van der Waals surface area contributed by atoms with Crippen molar-refractivity contribution in [3.63, 3.8) is 0 Å². The van der Waals surface area contributed by atoms with Gasteiger partial charge >= 0.3 is 0 Å². The summed E-state index contributed by atoms with van der Waals surface area (Å²) in [5.41, 5.74) is 1.16. The Bertz CT molecular complexity index is 997. The van der Waals surface area contributed by atoms with E-state index in [0.29, 0.717) is 19.6 Å². The monoisotopic (exact) mass is 536 g/mol. The van der Waals surface area contributed by atoms with Gasteiger partial charge < -0.3 is 35.4 Å². The molecule has 0 radical (unpaired) electrons. The minimum atomic E-state index is -1.42. The lowest BCUT2D eigenvalue weighted by Crippen LogP contribution is -2.65. The van der Waals surface area contributed by atoms with Crippen molar-refractivity contribution in [2.45, 2.75) is 66.8 Å². The summed E-state index contributed by atoms with van der Waals surface area (Å²) in [5, 5.41) is 36.6. The molecule has 8 nitrogen and oxygen atoms in total. The van der Waals surface area contributed by atoms with Gasteiger partial charge in [0.2, 0.25) is 5.91 Å². The number of aliphatic hydroxyl groups is 3. The SMILES string of the molecule is CSC1OC([C@H](NC(=O)[C@H]2NC[C@@H]3C=C(C#Cc4ccccc4)CCO[C@@H]23)[C@H](C)Cl)C(O)C(O)C1O. The quantitative estimate of drug-likeness (QED) is 0.274. The third kappa shape index (κ3) is 6.09. The largest absolute Gasteiger partial charge is 0.388 e. The van der Waals surface area contributed by atoms with Crippen LogP contribution >= 0.6 is 23.4 Å². The van der Waals surface area contributed by atoms with Gasteiger partial charge in [-0.05, 0) is 25.3 Å². The number of aliphatic hydroxyl groups excluding tert-OH is 3. The Morgan fingerprint density at radius 2 is 1.94 bits per heavy atom. The molecule has 10 atom stereocenters. The molecule has 2 fully saturated rings. The van der Waals surface area contributed by atoms with E-state index in [9.17, 15) is 20.1 Å². The van der Waals surface area contributed by atoms with E-state index >= 15 is 0 Å². The second-order valence-corrected chi connectivity index (χ2v) is 11.0. The van der Waals surface area contributed by atoms with E-state index in [2.05, 4.69) is 28.6 Å². The first kappa shape index (κ1) is 27.4. The van der Waals surface area contributed by atoms with E-state index in [1.807, 2.05) is 30.3 Å². The number of benzene rings is 1. The number of halogens is 1. The number of nitrogens with one attached hydrogen (secondary N) is 2. The number of thioether (sulfide) groups is 1. The highest BCUT2D eigenvalue weighted by Crippen LogP contribution is 2.31. The second-order valence-electron chi connectivity index (χ2n) is 9.33. The molecule has 10 heteroatoms. The van der Waals surface area contributed by atoms with Crippen LogP contribution in [0.15, 0.2) is 42.0 Å². The van der Waals surface area contributed by atoms with E-state index in [0.717, 1.165) is 11.1 Å². The van der Waals surface area contributed by atoms with Crippen LogP contribution in [0.3, 0.4) is 0 Å². The van der Waals surface area contributed by atoms with Crippen LogP contribution < -0.4 is 10.6 Å².